The molecule has 2 aromatic carbocycles. The first-order valence-corrected chi connectivity index (χ1v) is 11.7. The Kier molecular flexibility index (Phi) is 8.07. The van der Waals surface area contributed by atoms with Crippen molar-refractivity contribution in [2.75, 3.05) is 39.5 Å². The van der Waals surface area contributed by atoms with Crippen LogP contribution in [0.4, 0.5) is 0 Å². The van der Waals surface area contributed by atoms with Crippen molar-refractivity contribution in [3.63, 3.8) is 0 Å². The lowest BCUT2D eigenvalue weighted by Gasteiger charge is -2.26. The Morgan fingerprint density at radius 1 is 1.12 bits per heavy atom. The zero-order valence-electron chi connectivity index (χ0n) is 18.1. The van der Waals surface area contributed by atoms with Gasteiger partial charge in [-0.2, -0.15) is 13.5 Å². The van der Waals surface area contributed by atoms with Gasteiger partial charge in [0, 0.05) is 13.1 Å². The molecule has 1 heterocycles. The molecule has 0 unspecified atom stereocenters. The van der Waals surface area contributed by atoms with Crippen LogP contribution >= 0.6 is 0 Å². The predicted octanol–water partition coefficient (Wildman–Crippen LogP) is 1.94. The fraction of sp³-hybridized carbons (Fsp3) is 0.364. The van der Waals surface area contributed by atoms with Gasteiger partial charge >= 0.3 is 0 Å². The highest BCUT2D eigenvalue weighted by molar-refractivity contribution is 7.89. The summed E-state index contributed by atoms with van der Waals surface area (Å²) >= 11 is 0. The normalized spacial score (nSPS) is 14.4. The third kappa shape index (κ3) is 6.44. The van der Waals surface area contributed by atoms with Gasteiger partial charge < -0.3 is 19.1 Å². The minimum atomic E-state index is -3.76. The van der Waals surface area contributed by atoms with Crippen molar-refractivity contribution in [3.8, 4) is 11.5 Å². The van der Waals surface area contributed by atoms with Crippen molar-refractivity contribution < 1.29 is 27.4 Å². The van der Waals surface area contributed by atoms with Gasteiger partial charge in [0.25, 0.3) is 15.9 Å². The van der Waals surface area contributed by atoms with Crippen LogP contribution in [0, 0.1) is 6.92 Å². The van der Waals surface area contributed by atoms with Crippen LogP contribution in [-0.4, -0.2) is 65.0 Å². The first-order chi connectivity index (χ1) is 15.4. The zero-order valence-corrected chi connectivity index (χ0v) is 18.9. The maximum atomic E-state index is 12.3. The Bertz CT molecular complexity index is 1050. The first kappa shape index (κ1) is 23.6. The summed E-state index contributed by atoms with van der Waals surface area (Å²) < 4.78 is 41.2. The zero-order chi connectivity index (χ0) is 23.0. The summed E-state index contributed by atoms with van der Waals surface area (Å²) in [6.07, 6.45) is 1.37. The van der Waals surface area contributed by atoms with Gasteiger partial charge in [-0.3, -0.25) is 4.79 Å². The molecule has 0 radical (unpaired) electrons. The summed E-state index contributed by atoms with van der Waals surface area (Å²) in [4.78, 5) is 16.3. The number of carbonyl (C=O) groups excluding carboxylic acids is 1. The van der Waals surface area contributed by atoms with E-state index >= 15 is 0 Å². The SMILES string of the molecule is CCOc1cc(/C=N\NS(=O)(=O)c2ccc(C)cc2)ccc1OCC(=O)N1CCOCC1. The average molecular weight is 462 g/mol. The molecule has 0 spiro atoms. The minimum absolute atomic E-state index is 0.107. The van der Waals surface area contributed by atoms with Crippen LogP contribution < -0.4 is 14.3 Å². The monoisotopic (exact) mass is 461 g/mol. The van der Waals surface area contributed by atoms with Crippen LogP contribution in [0.2, 0.25) is 0 Å². The maximum absolute atomic E-state index is 12.3. The molecule has 3 rings (SSSR count). The molecule has 1 fully saturated rings. The number of amides is 1. The molecule has 0 saturated carbocycles. The van der Waals surface area contributed by atoms with Gasteiger partial charge in [0.2, 0.25) is 0 Å². The van der Waals surface area contributed by atoms with E-state index in [1.165, 1.54) is 18.3 Å². The van der Waals surface area contributed by atoms with Crippen LogP contribution in [0.15, 0.2) is 52.5 Å². The van der Waals surface area contributed by atoms with Crippen molar-refractivity contribution in [2.24, 2.45) is 5.10 Å². The van der Waals surface area contributed by atoms with E-state index in [4.69, 9.17) is 14.2 Å². The Morgan fingerprint density at radius 2 is 1.84 bits per heavy atom. The summed E-state index contributed by atoms with van der Waals surface area (Å²) in [6.45, 7) is 6.15. The maximum Gasteiger partial charge on any atom is 0.276 e. The molecular weight excluding hydrogens is 434 g/mol. The standard InChI is InChI=1S/C22H27N3O6S/c1-3-30-21-14-18(15-23-24-32(27,28)19-7-4-17(2)5-8-19)6-9-20(21)31-16-22(26)25-10-12-29-13-11-25/h4-9,14-15,24H,3,10-13,16H2,1-2H3/b23-15-. The molecule has 1 aliphatic heterocycles. The first-order valence-electron chi connectivity index (χ1n) is 10.3. The van der Waals surface area contributed by atoms with E-state index in [1.807, 2.05) is 13.8 Å². The molecule has 1 aliphatic rings. The number of morpholine rings is 1. The summed E-state index contributed by atoms with van der Waals surface area (Å²) in [5.41, 5.74) is 1.57. The average Bonchev–Trinajstić information content (AvgIpc) is 2.79. The fourth-order valence-corrected chi connectivity index (χ4v) is 3.77. The van der Waals surface area contributed by atoms with Gasteiger partial charge in [-0.25, -0.2) is 4.83 Å². The van der Waals surface area contributed by atoms with Crippen molar-refractivity contribution in [2.45, 2.75) is 18.7 Å². The number of hydrogen-bond acceptors (Lipinski definition) is 7. The van der Waals surface area contributed by atoms with Crippen LogP contribution in [0.1, 0.15) is 18.1 Å². The Balaban J connectivity index is 1.64. The van der Waals surface area contributed by atoms with E-state index in [-0.39, 0.29) is 17.4 Å². The molecule has 10 heteroatoms. The largest absolute Gasteiger partial charge is 0.490 e. The number of benzene rings is 2. The number of ether oxygens (including phenoxy) is 3. The predicted molar refractivity (Wildman–Crippen MR) is 120 cm³/mol. The third-order valence-corrected chi connectivity index (χ3v) is 5.94. The fourth-order valence-electron chi connectivity index (χ4n) is 2.98. The molecule has 172 valence electrons. The van der Waals surface area contributed by atoms with Gasteiger partial charge in [0.15, 0.2) is 18.1 Å². The summed E-state index contributed by atoms with van der Waals surface area (Å²) in [7, 11) is -3.76. The van der Waals surface area contributed by atoms with Gasteiger partial charge in [0.1, 0.15) is 0 Å². The number of rotatable bonds is 9. The third-order valence-electron chi connectivity index (χ3n) is 4.70. The number of nitrogens with one attached hydrogen (secondary N) is 1. The molecule has 0 aromatic heterocycles. The molecule has 1 amide bonds. The molecule has 0 bridgehead atoms. The molecule has 9 nitrogen and oxygen atoms in total. The summed E-state index contributed by atoms with van der Waals surface area (Å²) in [5.74, 6) is 0.741. The second-order valence-electron chi connectivity index (χ2n) is 7.09. The lowest BCUT2D eigenvalue weighted by Crippen LogP contribution is -2.43. The molecule has 1 saturated heterocycles. The Morgan fingerprint density at radius 3 is 2.53 bits per heavy atom. The number of carbonyl (C=O) groups is 1. The van der Waals surface area contributed by atoms with Crippen molar-refractivity contribution in [1.82, 2.24) is 9.73 Å². The summed E-state index contributed by atoms with van der Waals surface area (Å²) in [5, 5.41) is 3.85. The van der Waals surface area contributed by atoms with Crippen molar-refractivity contribution in [1.29, 1.82) is 0 Å². The molecule has 0 atom stereocenters. The molecule has 1 N–H and O–H groups in total. The molecule has 2 aromatic rings. The summed E-state index contributed by atoms with van der Waals surface area (Å²) in [6, 6.07) is 11.5. The highest BCUT2D eigenvalue weighted by atomic mass is 32.2. The van der Waals surface area contributed by atoms with Crippen LogP contribution in [-0.2, 0) is 19.6 Å². The van der Waals surface area contributed by atoms with Crippen LogP contribution in [0.25, 0.3) is 0 Å². The highest BCUT2D eigenvalue weighted by Crippen LogP contribution is 2.28. The van der Waals surface area contributed by atoms with Gasteiger partial charge in [-0.15, -0.1) is 0 Å². The second-order valence-corrected chi connectivity index (χ2v) is 8.75. The number of hydrogen-bond donors (Lipinski definition) is 1. The second kappa shape index (κ2) is 11.0. The number of sulfonamides is 1. The van der Waals surface area contributed by atoms with Crippen molar-refractivity contribution >= 4 is 22.1 Å². The van der Waals surface area contributed by atoms with E-state index < -0.39 is 10.0 Å². The number of nitrogens with zero attached hydrogens (tertiary/aromatic N) is 2. The molecular formula is C22H27N3O6S. The quantitative estimate of drug-likeness (QED) is 0.452. The Hall–Kier alpha value is -3.11. The van der Waals surface area contributed by atoms with Crippen molar-refractivity contribution in [3.05, 3.63) is 53.6 Å². The van der Waals surface area contributed by atoms with Crippen LogP contribution in [0.3, 0.4) is 0 Å². The van der Waals surface area contributed by atoms with Crippen LogP contribution in [0.5, 0.6) is 11.5 Å². The van der Waals surface area contributed by atoms with E-state index in [2.05, 4.69) is 9.93 Å². The van der Waals surface area contributed by atoms with E-state index in [0.29, 0.717) is 50.0 Å². The minimum Gasteiger partial charge on any atom is -0.490 e. The lowest BCUT2D eigenvalue weighted by atomic mass is 10.2. The van der Waals surface area contributed by atoms with E-state index in [1.54, 1.807) is 35.2 Å². The molecule has 0 aliphatic carbocycles. The highest BCUT2D eigenvalue weighted by Gasteiger charge is 2.18. The van der Waals surface area contributed by atoms with Gasteiger partial charge in [-0.05, 0) is 49.7 Å². The Labute approximate surface area is 188 Å². The van der Waals surface area contributed by atoms with Gasteiger partial charge in [-0.1, -0.05) is 17.7 Å². The topological polar surface area (TPSA) is 107 Å². The lowest BCUT2D eigenvalue weighted by molar-refractivity contribution is -0.137. The smallest absolute Gasteiger partial charge is 0.276 e. The van der Waals surface area contributed by atoms with Gasteiger partial charge in [0.05, 0.1) is 30.9 Å². The molecule has 32 heavy (non-hydrogen) atoms. The van der Waals surface area contributed by atoms with E-state index in [0.717, 1.165) is 5.56 Å². The number of hydrazone groups is 1. The number of aryl methyl sites for hydroxylation is 1. The van der Waals surface area contributed by atoms with E-state index in [9.17, 15) is 13.2 Å².